The van der Waals surface area contributed by atoms with Gasteiger partial charge in [-0.05, 0) is 18.4 Å². The zero-order chi connectivity index (χ0) is 16.7. The molecule has 1 aromatic carbocycles. The van der Waals surface area contributed by atoms with Crippen LogP contribution in [0.5, 0.6) is 5.75 Å². The van der Waals surface area contributed by atoms with Crippen LogP contribution in [0.3, 0.4) is 0 Å². The van der Waals surface area contributed by atoms with Crippen LogP contribution < -0.4 is 15.6 Å². The number of benzene rings is 1. The van der Waals surface area contributed by atoms with Crippen molar-refractivity contribution in [2.24, 2.45) is 0 Å². The van der Waals surface area contributed by atoms with Crippen molar-refractivity contribution >= 4 is 35.2 Å². The van der Waals surface area contributed by atoms with E-state index >= 15 is 0 Å². The van der Waals surface area contributed by atoms with E-state index < -0.39 is 11.8 Å². The Morgan fingerprint density at radius 1 is 1.26 bits per heavy atom. The minimum Gasteiger partial charge on any atom is -0.484 e. The molecule has 0 fully saturated rings. The number of carbonyl (C=O) groups excluding carboxylic acids is 2. The molecule has 120 valence electrons. The maximum atomic E-state index is 12.0. The molecule has 0 atom stereocenters. The number of nitrogens with zero attached hydrogens (tertiary/aromatic N) is 2. The molecule has 0 aliphatic carbocycles. The zero-order valence-corrected chi connectivity index (χ0v) is 13.6. The van der Waals surface area contributed by atoms with Gasteiger partial charge in [0.2, 0.25) is 0 Å². The van der Waals surface area contributed by atoms with Gasteiger partial charge in [0.25, 0.3) is 11.8 Å². The number of hydrogen-bond donors (Lipinski definition) is 2. The van der Waals surface area contributed by atoms with Crippen molar-refractivity contribution in [2.45, 2.75) is 5.16 Å². The highest BCUT2D eigenvalue weighted by molar-refractivity contribution is 7.98. The van der Waals surface area contributed by atoms with Crippen LogP contribution in [0, 0.1) is 0 Å². The fraction of sp³-hybridized carbons (Fsp3) is 0.143. The number of thioether (sulfide) groups is 1. The van der Waals surface area contributed by atoms with Crippen LogP contribution in [0.4, 0.5) is 0 Å². The molecule has 7 nitrogen and oxygen atoms in total. The lowest BCUT2D eigenvalue weighted by Crippen LogP contribution is -2.44. The van der Waals surface area contributed by atoms with Crippen LogP contribution in [-0.2, 0) is 4.79 Å². The first kappa shape index (κ1) is 17.0. The van der Waals surface area contributed by atoms with E-state index in [1.807, 2.05) is 6.07 Å². The summed E-state index contributed by atoms with van der Waals surface area (Å²) in [7, 11) is 0. The number of ether oxygens (including phenoxy) is 1. The molecule has 0 aliphatic heterocycles. The van der Waals surface area contributed by atoms with E-state index in [9.17, 15) is 9.59 Å². The highest BCUT2D eigenvalue weighted by atomic mass is 35.5. The molecular weight excluding hydrogens is 340 g/mol. The third-order valence-electron chi connectivity index (χ3n) is 2.55. The van der Waals surface area contributed by atoms with Crippen molar-refractivity contribution in [1.29, 1.82) is 0 Å². The number of amides is 2. The number of halogens is 1. The summed E-state index contributed by atoms with van der Waals surface area (Å²) >= 11 is 7.14. The Hall–Kier alpha value is -2.32. The third kappa shape index (κ3) is 5.11. The van der Waals surface area contributed by atoms with Gasteiger partial charge in [-0.15, -0.1) is 0 Å². The van der Waals surface area contributed by atoms with E-state index in [-0.39, 0.29) is 17.3 Å². The largest absolute Gasteiger partial charge is 0.484 e. The molecule has 9 heteroatoms. The summed E-state index contributed by atoms with van der Waals surface area (Å²) in [6.07, 6.45) is 3.10. The SMILES string of the molecule is CSc1ncc(Cl)c(C(=O)NNC(=O)COc2ccccc2)n1. The van der Waals surface area contributed by atoms with Gasteiger partial charge in [0.05, 0.1) is 11.2 Å². The zero-order valence-electron chi connectivity index (χ0n) is 12.1. The second-order valence-electron chi connectivity index (χ2n) is 4.16. The molecule has 2 rings (SSSR count). The normalized spacial score (nSPS) is 10.0. The number of hydrazine groups is 1. The Morgan fingerprint density at radius 2 is 2.00 bits per heavy atom. The lowest BCUT2D eigenvalue weighted by atomic mass is 10.3. The summed E-state index contributed by atoms with van der Waals surface area (Å²) in [4.78, 5) is 31.5. The van der Waals surface area contributed by atoms with E-state index in [0.717, 1.165) is 0 Å². The second-order valence-corrected chi connectivity index (χ2v) is 5.34. The Morgan fingerprint density at radius 3 is 2.70 bits per heavy atom. The van der Waals surface area contributed by atoms with Crippen LogP contribution in [0.1, 0.15) is 10.5 Å². The molecule has 23 heavy (non-hydrogen) atoms. The van der Waals surface area contributed by atoms with Crippen molar-refractivity contribution < 1.29 is 14.3 Å². The molecule has 1 aromatic heterocycles. The number of para-hydroxylation sites is 1. The Labute approximate surface area is 141 Å². The molecule has 0 aliphatic rings. The summed E-state index contributed by atoms with van der Waals surface area (Å²) in [5.41, 5.74) is 4.43. The van der Waals surface area contributed by atoms with Gasteiger partial charge in [0.15, 0.2) is 17.5 Å². The van der Waals surface area contributed by atoms with Crippen LogP contribution in [0.2, 0.25) is 5.02 Å². The number of aromatic nitrogens is 2. The first-order chi connectivity index (χ1) is 11.1. The molecule has 1 heterocycles. The lowest BCUT2D eigenvalue weighted by molar-refractivity contribution is -0.123. The smallest absolute Gasteiger partial charge is 0.289 e. The van der Waals surface area contributed by atoms with Gasteiger partial charge in [-0.1, -0.05) is 41.6 Å². The topological polar surface area (TPSA) is 93.2 Å². The monoisotopic (exact) mass is 352 g/mol. The standard InChI is InChI=1S/C14H13ClN4O3S/c1-23-14-16-7-10(15)12(17-14)13(21)19-18-11(20)8-22-9-5-3-2-4-6-9/h2-7H,8H2,1H3,(H,18,20)(H,19,21). The molecule has 0 unspecified atom stereocenters. The average molecular weight is 353 g/mol. The molecule has 0 saturated carbocycles. The first-order valence-corrected chi connectivity index (χ1v) is 8.04. The van der Waals surface area contributed by atoms with Crippen molar-refractivity contribution in [3.63, 3.8) is 0 Å². The molecule has 2 N–H and O–H groups in total. The van der Waals surface area contributed by atoms with Crippen LogP contribution in [0.25, 0.3) is 0 Å². The summed E-state index contributed by atoms with van der Waals surface area (Å²) in [6.45, 7) is -0.238. The van der Waals surface area contributed by atoms with Gasteiger partial charge >= 0.3 is 0 Å². The quantitative estimate of drug-likeness (QED) is 0.483. The predicted octanol–water partition coefficient (Wildman–Crippen LogP) is 1.69. The molecule has 2 amide bonds. The molecule has 0 bridgehead atoms. The van der Waals surface area contributed by atoms with E-state index in [1.165, 1.54) is 18.0 Å². The van der Waals surface area contributed by atoms with Crippen LogP contribution in [0.15, 0.2) is 41.7 Å². The summed E-state index contributed by atoms with van der Waals surface area (Å²) < 4.78 is 5.25. The van der Waals surface area contributed by atoms with Gasteiger partial charge in [-0.25, -0.2) is 9.97 Å². The van der Waals surface area contributed by atoms with E-state index in [1.54, 1.807) is 30.5 Å². The fourth-order valence-corrected chi connectivity index (χ4v) is 2.01. The number of hydrogen-bond acceptors (Lipinski definition) is 6. The summed E-state index contributed by atoms with van der Waals surface area (Å²) in [5, 5.41) is 0.494. The number of nitrogens with one attached hydrogen (secondary N) is 2. The van der Waals surface area contributed by atoms with E-state index in [4.69, 9.17) is 16.3 Å². The Balaban J connectivity index is 1.85. The maximum Gasteiger partial charge on any atom is 0.289 e. The van der Waals surface area contributed by atoms with Gasteiger partial charge in [-0.3, -0.25) is 20.4 Å². The van der Waals surface area contributed by atoms with Gasteiger partial charge in [0, 0.05) is 0 Å². The minimum absolute atomic E-state index is 0.0182. The molecule has 0 radical (unpaired) electrons. The van der Waals surface area contributed by atoms with E-state index in [0.29, 0.717) is 10.9 Å². The van der Waals surface area contributed by atoms with Gasteiger partial charge < -0.3 is 4.74 Å². The van der Waals surface area contributed by atoms with Crippen molar-refractivity contribution in [3.8, 4) is 5.75 Å². The van der Waals surface area contributed by atoms with Crippen molar-refractivity contribution in [1.82, 2.24) is 20.8 Å². The highest BCUT2D eigenvalue weighted by Gasteiger charge is 2.15. The predicted molar refractivity (Wildman–Crippen MR) is 86.4 cm³/mol. The minimum atomic E-state index is -0.638. The number of rotatable bonds is 5. The van der Waals surface area contributed by atoms with Crippen molar-refractivity contribution in [2.75, 3.05) is 12.9 Å². The molecule has 0 spiro atoms. The molecule has 2 aromatic rings. The number of carbonyl (C=O) groups is 2. The summed E-state index contributed by atoms with van der Waals surface area (Å²) in [6, 6.07) is 8.85. The van der Waals surface area contributed by atoms with E-state index in [2.05, 4.69) is 20.8 Å². The maximum absolute atomic E-state index is 12.0. The lowest BCUT2D eigenvalue weighted by Gasteiger charge is -2.09. The summed E-state index contributed by atoms with van der Waals surface area (Å²) in [5.74, 6) is -0.601. The third-order valence-corrected chi connectivity index (χ3v) is 3.39. The first-order valence-electron chi connectivity index (χ1n) is 6.43. The Kier molecular flexibility index (Phi) is 6.19. The second kappa shape index (κ2) is 8.35. The highest BCUT2D eigenvalue weighted by Crippen LogP contribution is 2.16. The average Bonchev–Trinajstić information content (AvgIpc) is 2.59. The Bertz CT molecular complexity index is 700. The fourth-order valence-electron chi connectivity index (χ4n) is 1.50. The molecular formula is C14H13ClN4O3S. The van der Waals surface area contributed by atoms with Crippen molar-refractivity contribution in [3.05, 3.63) is 47.2 Å². The van der Waals surface area contributed by atoms with Crippen LogP contribution in [-0.4, -0.2) is 34.6 Å². The van der Waals surface area contributed by atoms with Gasteiger partial charge in [-0.2, -0.15) is 0 Å². The molecule has 0 saturated heterocycles. The van der Waals surface area contributed by atoms with Crippen LogP contribution >= 0.6 is 23.4 Å². The van der Waals surface area contributed by atoms with Gasteiger partial charge in [0.1, 0.15) is 5.75 Å².